The van der Waals surface area contributed by atoms with Crippen LogP contribution in [-0.4, -0.2) is 23.0 Å². The number of carbonyl (C=O) groups is 1. The second kappa shape index (κ2) is 7.73. The molecule has 0 fully saturated rings. The van der Waals surface area contributed by atoms with Gasteiger partial charge in [0.15, 0.2) is 11.2 Å². The van der Waals surface area contributed by atoms with Crippen LogP contribution in [-0.2, 0) is 0 Å². The molecule has 0 bridgehead atoms. The van der Waals surface area contributed by atoms with Crippen LogP contribution in [0, 0.1) is 6.92 Å². The molecule has 29 heavy (non-hydrogen) atoms. The van der Waals surface area contributed by atoms with E-state index in [-0.39, 0.29) is 16.3 Å². The van der Waals surface area contributed by atoms with Crippen LogP contribution in [0.5, 0.6) is 5.75 Å². The molecule has 0 saturated carbocycles. The number of fused-ring (bicyclic) bond motifs is 1. The topological polar surface area (TPSA) is 77.2 Å². The number of rotatable bonds is 4. The van der Waals surface area contributed by atoms with Gasteiger partial charge in [-0.2, -0.15) is 4.98 Å². The van der Waals surface area contributed by atoms with Gasteiger partial charge in [0.25, 0.3) is 5.91 Å². The highest BCUT2D eigenvalue weighted by molar-refractivity contribution is 6.36. The summed E-state index contributed by atoms with van der Waals surface area (Å²) in [6.07, 6.45) is 1.65. The summed E-state index contributed by atoms with van der Waals surface area (Å²) < 4.78 is 11.0. The quantitative estimate of drug-likeness (QED) is 0.447. The summed E-state index contributed by atoms with van der Waals surface area (Å²) in [5, 5.41) is 3.48. The van der Waals surface area contributed by atoms with Crippen LogP contribution in [0.15, 0.2) is 53.1 Å². The van der Waals surface area contributed by atoms with Gasteiger partial charge in [-0.15, -0.1) is 0 Å². The van der Waals surface area contributed by atoms with Crippen molar-refractivity contribution < 1.29 is 13.9 Å². The zero-order chi connectivity index (χ0) is 20.5. The fourth-order valence-electron chi connectivity index (χ4n) is 2.91. The van der Waals surface area contributed by atoms with Crippen molar-refractivity contribution in [3.8, 4) is 17.2 Å². The normalized spacial score (nSPS) is 10.9. The highest BCUT2D eigenvalue weighted by Crippen LogP contribution is 2.33. The highest BCUT2D eigenvalue weighted by atomic mass is 35.5. The molecule has 4 rings (SSSR count). The number of aryl methyl sites for hydroxylation is 1. The van der Waals surface area contributed by atoms with Gasteiger partial charge >= 0.3 is 0 Å². The Morgan fingerprint density at radius 2 is 2.00 bits per heavy atom. The Labute approximate surface area is 176 Å². The third kappa shape index (κ3) is 3.77. The van der Waals surface area contributed by atoms with E-state index in [2.05, 4.69) is 15.3 Å². The SMILES string of the molecule is COc1c(Cl)cc(Cl)cc1C(=O)Nc1cc(-c2nc3ncccc3o2)ccc1C. The molecule has 0 saturated heterocycles. The Morgan fingerprint density at radius 3 is 2.76 bits per heavy atom. The highest BCUT2D eigenvalue weighted by Gasteiger charge is 2.18. The number of halogens is 2. The van der Waals surface area contributed by atoms with Crippen LogP contribution in [0.1, 0.15) is 15.9 Å². The Hall–Kier alpha value is -3.09. The number of carbonyl (C=O) groups excluding carboxylic acids is 1. The largest absolute Gasteiger partial charge is 0.494 e. The maximum absolute atomic E-state index is 12.9. The van der Waals surface area contributed by atoms with Crippen molar-refractivity contribution in [2.45, 2.75) is 6.92 Å². The second-order valence-corrected chi connectivity index (χ2v) is 7.14. The molecule has 2 aromatic heterocycles. The molecule has 0 aliphatic carbocycles. The van der Waals surface area contributed by atoms with Crippen LogP contribution < -0.4 is 10.1 Å². The van der Waals surface area contributed by atoms with Crippen molar-refractivity contribution in [3.63, 3.8) is 0 Å². The van der Waals surface area contributed by atoms with E-state index in [0.717, 1.165) is 5.56 Å². The van der Waals surface area contributed by atoms with Crippen molar-refractivity contribution >= 4 is 46.0 Å². The van der Waals surface area contributed by atoms with Crippen LogP contribution in [0.25, 0.3) is 22.7 Å². The van der Waals surface area contributed by atoms with Gasteiger partial charge in [-0.3, -0.25) is 4.79 Å². The maximum atomic E-state index is 12.9. The number of hydrogen-bond acceptors (Lipinski definition) is 5. The summed E-state index contributed by atoms with van der Waals surface area (Å²) in [7, 11) is 1.44. The minimum atomic E-state index is -0.397. The smallest absolute Gasteiger partial charge is 0.259 e. The summed E-state index contributed by atoms with van der Waals surface area (Å²) in [5.74, 6) is 0.274. The van der Waals surface area contributed by atoms with Crippen LogP contribution in [0.2, 0.25) is 10.0 Å². The van der Waals surface area contributed by atoms with Gasteiger partial charge in [0, 0.05) is 22.5 Å². The summed E-state index contributed by atoms with van der Waals surface area (Å²) >= 11 is 12.2. The van der Waals surface area contributed by atoms with Gasteiger partial charge in [0.1, 0.15) is 5.75 Å². The molecule has 0 unspecified atom stereocenters. The molecule has 0 spiro atoms. The third-order valence-corrected chi connectivity index (χ3v) is 4.85. The van der Waals surface area contributed by atoms with E-state index in [1.807, 2.05) is 19.1 Å². The Bertz CT molecular complexity index is 1200. The first kappa shape index (κ1) is 19.2. The molecule has 1 N–H and O–H groups in total. The number of aromatic nitrogens is 2. The zero-order valence-corrected chi connectivity index (χ0v) is 17.0. The van der Waals surface area contributed by atoms with Gasteiger partial charge in [-0.05, 0) is 48.9 Å². The van der Waals surface area contributed by atoms with Crippen molar-refractivity contribution in [1.29, 1.82) is 0 Å². The molecular weight excluding hydrogens is 413 g/mol. The molecule has 4 aromatic rings. The average Bonchev–Trinajstić information content (AvgIpc) is 3.13. The molecule has 0 aliphatic rings. The monoisotopic (exact) mass is 427 g/mol. The van der Waals surface area contributed by atoms with Gasteiger partial charge in [-0.1, -0.05) is 29.3 Å². The van der Waals surface area contributed by atoms with E-state index in [9.17, 15) is 4.79 Å². The number of methoxy groups -OCH3 is 1. The number of oxazole rings is 1. The fourth-order valence-corrected chi connectivity index (χ4v) is 3.48. The number of nitrogens with one attached hydrogen (secondary N) is 1. The predicted molar refractivity (Wildman–Crippen MR) is 113 cm³/mol. The standard InChI is InChI=1S/C21H15Cl2N3O3/c1-11-5-6-12(21-26-19-17(29-21)4-3-7-24-19)8-16(11)25-20(27)14-9-13(22)10-15(23)18(14)28-2/h3-10H,1-2H3,(H,25,27). The van der Waals surface area contributed by atoms with E-state index in [1.54, 1.807) is 24.4 Å². The second-order valence-electron chi connectivity index (χ2n) is 6.30. The van der Waals surface area contributed by atoms with Crippen molar-refractivity contribution in [3.05, 3.63) is 69.8 Å². The third-order valence-electron chi connectivity index (χ3n) is 4.35. The van der Waals surface area contributed by atoms with Crippen LogP contribution >= 0.6 is 23.2 Å². The predicted octanol–water partition coefficient (Wildman–Crippen LogP) is 5.77. The molecular formula is C21H15Cl2N3O3. The number of pyridine rings is 1. The van der Waals surface area contributed by atoms with E-state index in [1.165, 1.54) is 19.2 Å². The van der Waals surface area contributed by atoms with Crippen LogP contribution in [0.4, 0.5) is 5.69 Å². The van der Waals surface area contributed by atoms with Gasteiger partial charge in [0.2, 0.25) is 5.89 Å². The average molecular weight is 428 g/mol. The lowest BCUT2D eigenvalue weighted by molar-refractivity contribution is 0.102. The van der Waals surface area contributed by atoms with E-state index in [4.69, 9.17) is 32.4 Å². The van der Waals surface area contributed by atoms with Gasteiger partial charge < -0.3 is 14.5 Å². The Kier molecular flexibility index (Phi) is 5.13. The van der Waals surface area contributed by atoms with E-state index < -0.39 is 5.91 Å². The number of hydrogen-bond donors (Lipinski definition) is 1. The number of ether oxygens (including phenoxy) is 1. The lowest BCUT2D eigenvalue weighted by Gasteiger charge is -2.13. The lowest BCUT2D eigenvalue weighted by Crippen LogP contribution is -2.14. The lowest BCUT2D eigenvalue weighted by atomic mass is 10.1. The van der Waals surface area contributed by atoms with Crippen molar-refractivity contribution in [2.75, 3.05) is 12.4 Å². The molecule has 6 nitrogen and oxygen atoms in total. The van der Waals surface area contributed by atoms with Crippen molar-refractivity contribution in [1.82, 2.24) is 9.97 Å². The summed E-state index contributed by atoms with van der Waals surface area (Å²) in [4.78, 5) is 21.5. The molecule has 1 amide bonds. The van der Waals surface area contributed by atoms with E-state index >= 15 is 0 Å². The molecule has 2 heterocycles. The number of anilines is 1. The van der Waals surface area contributed by atoms with Crippen molar-refractivity contribution in [2.24, 2.45) is 0 Å². The summed E-state index contributed by atoms with van der Waals surface area (Å²) in [6, 6.07) is 12.1. The number of amides is 1. The first-order valence-corrected chi connectivity index (χ1v) is 9.39. The van der Waals surface area contributed by atoms with E-state index in [0.29, 0.717) is 33.4 Å². The number of benzene rings is 2. The number of nitrogens with zero attached hydrogens (tertiary/aromatic N) is 2. The van der Waals surface area contributed by atoms with Crippen LogP contribution in [0.3, 0.4) is 0 Å². The Morgan fingerprint density at radius 1 is 1.17 bits per heavy atom. The van der Waals surface area contributed by atoms with Gasteiger partial charge in [0.05, 0.1) is 17.7 Å². The molecule has 0 aliphatic heterocycles. The molecule has 2 aromatic carbocycles. The molecule has 0 radical (unpaired) electrons. The van der Waals surface area contributed by atoms with Gasteiger partial charge in [-0.25, -0.2) is 4.98 Å². The fraction of sp³-hybridized carbons (Fsp3) is 0.0952. The minimum absolute atomic E-state index is 0.237. The zero-order valence-electron chi connectivity index (χ0n) is 15.5. The molecule has 0 atom stereocenters. The maximum Gasteiger partial charge on any atom is 0.259 e. The first-order valence-electron chi connectivity index (χ1n) is 8.63. The summed E-state index contributed by atoms with van der Waals surface area (Å²) in [5.41, 5.74) is 3.52. The molecule has 8 heteroatoms. The first-order chi connectivity index (χ1) is 14.0. The summed E-state index contributed by atoms with van der Waals surface area (Å²) in [6.45, 7) is 1.88. The minimum Gasteiger partial charge on any atom is -0.494 e. The Balaban J connectivity index is 1.69. The molecule has 146 valence electrons.